The molecule has 0 N–H and O–H groups in total. The highest BCUT2D eigenvalue weighted by Crippen LogP contribution is 2.06. The van der Waals surface area contributed by atoms with E-state index in [0.717, 1.165) is 24.3 Å². The Bertz CT molecular complexity index is 488. The molecular formula is C10H8N2O4. The molecule has 0 bridgehead atoms. The molecule has 0 spiro atoms. The molecule has 2 heterocycles. The van der Waals surface area contributed by atoms with Crippen molar-refractivity contribution in [1.82, 2.24) is 9.80 Å². The number of hydrogen-bond donors (Lipinski definition) is 0. The first-order valence-corrected chi connectivity index (χ1v) is 4.43. The van der Waals surface area contributed by atoms with Crippen LogP contribution in [0.4, 0.5) is 0 Å². The van der Waals surface area contributed by atoms with Gasteiger partial charge in [0.1, 0.15) is 0 Å². The van der Waals surface area contributed by atoms with Crippen molar-refractivity contribution in [3.05, 3.63) is 24.3 Å². The topological polar surface area (TPSA) is 74.8 Å². The van der Waals surface area contributed by atoms with Crippen molar-refractivity contribution in [3.8, 4) is 0 Å². The first kappa shape index (κ1) is 7.98. The van der Waals surface area contributed by atoms with Crippen LogP contribution >= 0.6 is 0 Å². The van der Waals surface area contributed by atoms with Gasteiger partial charge < -0.3 is 0 Å². The molecule has 82 valence electrons. The summed E-state index contributed by atoms with van der Waals surface area (Å²) in [4.78, 5) is 46.3. The molecule has 0 aliphatic carbocycles. The van der Waals surface area contributed by atoms with Crippen LogP contribution in [-0.2, 0) is 19.2 Å². The largest absolute Gasteiger partial charge is 0.274 e. The molecule has 6 nitrogen and oxygen atoms in total. The zero-order chi connectivity index (χ0) is 13.5. The maximum Gasteiger partial charge on any atom is 0.253 e. The molecule has 16 heavy (non-hydrogen) atoms. The highest BCUT2D eigenvalue weighted by atomic mass is 16.2. The molecule has 6 heteroatoms. The summed E-state index contributed by atoms with van der Waals surface area (Å²) >= 11 is 0. The van der Waals surface area contributed by atoms with E-state index in [1.54, 1.807) is 0 Å². The smallest absolute Gasteiger partial charge is 0.253 e. The van der Waals surface area contributed by atoms with Crippen molar-refractivity contribution in [2.24, 2.45) is 0 Å². The van der Waals surface area contributed by atoms with E-state index in [2.05, 4.69) is 0 Å². The molecule has 0 aromatic heterocycles. The fraction of sp³-hybridized carbons (Fsp3) is 0.200. The van der Waals surface area contributed by atoms with Crippen LogP contribution in [-0.4, -0.2) is 46.5 Å². The monoisotopic (exact) mass is 222 g/mol. The lowest BCUT2D eigenvalue weighted by Gasteiger charge is -2.18. The Morgan fingerprint density at radius 2 is 1.19 bits per heavy atom. The summed E-state index contributed by atoms with van der Waals surface area (Å²) in [5, 5.41) is 0. The minimum atomic E-state index is -2.44. The molecular weight excluding hydrogens is 212 g/mol. The lowest BCUT2D eigenvalue weighted by atomic mass is 10.4. The molecule has 0 radical (unpaired) electrons. The van der Waals surface area contributed by atoms with Crippen molar-refractivity contribution in [1.29, 1.82) is 0 Å². The van der Waals surface area contributed by atoms with Gasteiger partial charge in [0.15, 0.2) is 0 Å². The summed E-state index contributed by atoms with van der Waals surface area (Å²) in [6, 6.07) is 0. The molecule has 0 fully saturated rings. The molecule has 2 rings (SSSR count). The molecule has 0 unspecified atom stereocenters. The van der Waals surface area contributed by atoms with Crippen LogP contribution in [0.15, 0.2) is 24.3 Å². The van der Waals surface area contributed by atoms with Crippen LogP contribution in [0.25, 0.3) is 0 Å². The van der Waals surface area contributed by atoms with Crippen molar-refractivity contribution < 1.29 is 21.9 Å². The normalized spacial score (nSPS) is 22.2. The van der Waals surface area contributed by atoms with Crippen LogP contribution in [0.3, 0.4) is 0 Å². The average Bonchev–Trinajstić information content (AvgIpc) is 2.76. The number of carbonyl (C=O) groups excluding carboxylic acids is 4. The molecule has 0 atom stereocenters. The molecule has 4 amide bonds. The lowest BCUT2D eigenvalue weighted by Crippen LogP contribution is -2.40. The second-order valence-electron chi connectivity index (χ2n) is 3.10. The summed E-state index contributed by atoms with van der Waals surface area (Å²) in [6.45, 7) is -3.12. The van der Waals surface area contributed by atoms with E-state index >= 15 is 0 Å². The Hall–Kier alpha value is -2.24. The average molecular weight is 222 g/mol. The maximum absolute atomic E-state index is 11.3. The van der Waals surface area contributed by atoms with E-state index in [9.17, 15) is 19.2 Å². The van der Waals surface area contributed by atoms with E-state index in [1.165, 1.54) is 0 Å². The highest BCUT2D eigenvalue weighted by Gasteiger charge is 2.27. The molecule has 0 aromatic carbocycles. The van der Waals surface area contributed by atoms with Crippen LogP contribution in [0.1, 0.15) is 2.74 Å². The maximum atomic E-state index is 11.3. The Labute approximate surface area is 93.6 Å². The molecule has 0 aromatic rings. The minimum absolute atomic E-state index is 0.381. The van der Waals surface area contributed by atoms with E-state index < -0.39 is 36.7 Å². The summed E-state index contributed by atoms with van der Waals surface area (Å²) < 4.78 is 15.3. The summed E-state index contributed by atoms with van der Waals surface area (Å²) in [5.74, 6) is -2.96. The van der Waals surface area contributed by atoms with Gasteiger partial charge in [0, 0.05) is 37.3 Å². The molecule has 2 aliphatic heterocycles. The van der Waals surface area contributed by atoms with Gasteiger partial charge in [-0.25, -0.2) is 0 Å². The zero-order valence-electron chi connectivity index (χ0n) is 10.0. The second kappa shape index (κ2) is 3.73. The van der Waals surface area contributed by atoms with Gasteiger partial charge in [-0.2, -0.15) is 0 Å². The van der Waals surface area contributed by atoms with Crippen LogP contribution in [0, 0.1) is 0 Å². The van der Waals surface area contributed by atoms with Gasteiger partial charge in [0.25, 0.3) is 23.6 Å². The van der Waals surface area contributed by atoms with Crippen molar-refractivity contribution in [3.63, 3.8) is 0 Å². The summed E-state index contributed by atoms with van der Waals surface area (Å²) in [5.41, 5.74) is 0. The number of amides is 4. The lowest BCUT2D eigenvalue weighted by molar-refractivity contribution is -0.142. The van der Waals surface area contributed by atoms with Gasteiger partial charge in [0.05, 0.1) is 2.74 Å². The second-order valence-corrected chi connectivity index (χ2v) is 3.10. The van der Waals surface area contributed by atoms with Crippen molar-refractivity contribution in [2.45, 2.75) is 0 Å². The van der Waals surface area contributed by atoms with Gasteiger partial charge in [-0.05, 0) is 0 Å². The number of imide groups is 2. The van der Waals surface area contributed by atoms with Gasteiger partial charge >= 0.3 is 0 Å². The summed E-state index contributed by atoms with van der Waals surface area (Å²) in [6.07, 6.45) is 3.88. The number of hydrogen-bond acceptors (Lipinski definition) is 4. The van der Waals surface area contributed by atoms with Gasteiger partial charge in [-0.1, -0.05) is 0 Å². The fourth-order valence-corrected chi connectivity index (χ4v) is 1.28. The first-order chi connectivity index (χ1) is 8.33. The van der Waals surface area contributed by atoms with E-state index in [1.807, 2.05) is 0 Å². The Morgan fingerprint density at radius 1 is 0.812 bits per heavy atom. The van der Waals surface area contributed by atoms with E-state index in [-0.39, 0.29) is 0 Å². The van der Waals surface area contributed by atoms with E-state index in [4.69, 9.17) is 2.74 Å². The molecule has 0 saturated heterocycles. The Balaban J connectivity index is 2.17. The third kappa shape index (κ3) is 1.65. The number of carbonyl (C=O) groups is 4. The highest BCUT2D eigenvalue weighted by molar-refractivity contribution is 6.14. The molecule has 0 saturated carbocycles. The van der Waals surface area contributed by atoms with Crippen molar-refractivity contribution >= 4 is 23.6 Å². The third-order valence-corrected chi connectivity index (χ3v) is 2.10. The summed E-state index contributed by atoms with van der Waals surface area (Å²) in [7, 11) is 0. The minimum Gasteiger partial charge on any atom is -0.274 e. The number of rotatable bonds is 3. The fourth-order valence-electron chi connectivity index (χ4n) is 1.28. The van der Waals surface area contributed by atoms with Crippen LogP contribution in [0.2, 0.25) is 0 Å². The predicted octanol–water partition coefficient (Wildman–Crippen LogP) is -1.16. The van der Waals surface area contributed by atoms with Gasteiger partial charge in [0.2, 0.25) is 0 Å². The van der Waals surface area contributed by atoms with Crippen LogP contribution < -0.4 is 0 Å². The van der Waals surface area contributed by atoms with Crippen LogP contribution in [0.5, 0.6) is 0 Å². The zero-order valence-corrected chi connectivity index (χ0v) is 8.04. The van der Waals surface area contributed by atoms with Gasteiger partial charge in [-0.3, -0.25) is 29.0 Å². The number of nitrogens with zero attached hydrogens (tertiary/aromatic N) is 2. The SMILES string of the molecule is [2H]C([2H])(CN1C(=O)C=CC1=O)N1C(=O)C=CC1=O. The van der Waals surface area contributed by atoms with Crippen molar-refractivity contribution in [2.75, 3.05) is 13.0 Å². The van der Waals surface area contributed by atoms with E-state index in [0.29, 0.717) is 9.80 Å². The molecule has 2 aliphatic rings. The van der Waals surface area contributed by atoms with Gasteiger partial charge in [-0.15, -0.1) is 0 Å². The predicted molar refractivity (Wildman–Crippen MR) is 51.7 cm³/mol. The standard InChI is InChI=1S/C10H8N2O4/c13-7-1-2-8(14)11(7)5-6-12-9(15)3-4-10(12)16/h1-4H,5-6H2/i5D2. The Morgan fingerprint density at radius 3 is 1.62 bits per heavy atom. The third-order valence-electron chi connectivity index (χ3n) is 2.10. The quantitative estimate of drug-likeness (QED) is 0.564. The Kier molecular flexibility index (Phi) is 1.86. The first-order valence-electron chi connectivity index (χ1n) is 5.43.